The van der Waals surface area contributed by atoms with Gasteiger partial charge in [0.1, 0.15) is 12.1 Å². The van der Waals surface area contributed by atoms with E-state index in [9.17, 15) is 14.4 Å². The zero-order valence-electron chi connectivity index (χ0n) is 17.5. The Morgan fingerprint density at radius 3 is 2.31 bits per heavy atom. The van der Waals surface area contributed by atoms with Crippen LogP contribution in [0.5, 0.6) is 5.75 Å². The lowest BCUT2D eigenvalue weighted by Crippen LogP contribution is -2.20. The van der Waals surface area contributed by atoms with E-state index >= 15 is 0 Å². The third-order valence-corrected chi connectivity index (χ3v) is 4.83. The van der Waals surface area contributed by atoms with E-state index in [1.165, 1.54) is 24.9 Å². The van der Waals surface area contributed by atoms with Crippen LogP contribution in [-0.2, 0) is 4.79 Å². The molecule has 0 aliphatic rings. The van der Waals surface area contributed by atoms with Crippen molar-refractivity contribution in [2.75, 3.05) is 17.7 Å². The van der Waals surface area contributed by atoms with Crippen molar-refractivity contribution >= 4 is 34.1 Å². The number of carbonyl (C=O) groups excluding carboxylic acids is 2. The summed E-state index contributed by atoms with van der Waals surface area (Å²) in [6, 6.07) is 18.7. The second-order valence-electron chi connectivity index (χ2n) is 7.04. The summed E-state index contributed by atoms with van der Waals surface area (Å²) in [7, 11) is 1.54. The standard InChI is InChI=1S/C24H20N4O4/c1-15(29)26-17-8-10-18(11-9-17)27-23(30)16-7-12-19-20(13-16)25-14-28(24(19)31)21-5-3-4-6-22(21)32-2/h3-14H,1-2H3,(H,26,29)(H,27,30). The molecule has 3 aromatic carbocycles. The molecule has 8 heteroatoms. The molecule has 1 heterocycles. The van der Waals surface area contributed by atoms with Crippen LogP contribution in [0.15, 0.2) is 77.9 Å². The van der Waals surface area contributed by atoms with E-state index in [-0.39, 0.29) is 17.4 Å². The number of para-hydroxylation sites is 2. The number of fused-ring (bicyclic) bond motifs is 1. The van der Waals surface area contributed by atoms with Gasteiger partial charge in [-0.05, 0) is 54.6 Å². The van der Waals surface area contributed by atoms with Crippen LogP contribution in [0.3, 0.4) is 0 Å². The Hall–Kier alpha value is -4.46. The largest absolute Gasteiger partial charge is 0.495 e. The second kappa shape index (κ2) is 8.73. The summed E-state index contributed by atoms with van der Waals surface area (Å²) in [5.74, 6) is 0.0429. The number of nitrogens with zero attached hydrogens (tertiary/aromatic N) is 2. The molecule has 2 amide bonds. The maximum atomic E-state index is 13.0. The molecule has 4 rings (SSSR count). The van der Waals surface area contributed by atoms with Crippen molar-refractivity contribution in [2.24, 2.45) is 0 Å². The van der Waals surface area contributed by atoms with Crippen LogP contribution >= 0.6 is 0 Å². The summed E-state index contributed by atoms with van der Waals surface area (Å²) >= 11 is 0. The number of aromatic nitrogens is 2. The number of carbonyl (C=O) groups is 2. The Morgan fingerprint density at radius 1 is 0.938 bits per heavy atom. The van der Waals surface area contributed by atoms with Gasteiger partial charge in [-0.2, -0.15) is 0 Å². The maximum absolute atomic E-state index is 13.0. The van der Waals surface area contributed by atoms with Crippen LogP contribution in [0.1, 0.15) is 17.3 Å². The van der Waals surface area contributed by atoms with Gasteiger partial charge in [0, 0.05) is 23.9 Å². The van der Waals surface area contributed by atoms with Gasteiger partial charge < -0.3 is 15.4 Å². The van der Waals surface area contributed by atoms with Gasteiger partial charge in [-0.25, -0.2) is 4.98 Å². The summed E-state index contributed by atoms with van der Waals surface area (Å²) in [5, 5.41) is 5.84. The van der Waals surface area contributed by atoms with Gasteiger partial charge in [0.15, 0.2) is 0 Å². The summed E-state index contributed by atoms with van der Waals surface area (Å²) in [6.07, 6.45) is 1.42. The van der Waals surface area contributed by atoms with Crippen LogP contribution < -0.4 is 20.9 Å². The molecule has 4 aromatic rings. The van der Waals surface area contributed by atoms with Gasteiger partial charge >= 0.3 is 0 Å². The normalized spacial score (nSPS) is 10.6. The van der Waals surface area contributed by atoms with E-state index in [0.29, 0.717) is 39.3 Å². The number of rotatable bonds is 5. The molecule has 8 nitrogen and oxygen atoms in total. The third-order valence-electron chi connectivity index (χ3n) is 4.83. The summed E-state index contributed by atoms with van der Waals surface area (Å²) < 4.78 is 6.75. The minimum Gasteiger partial charge on any atom is -0.495 e. The highest BCUT2D eigenvalue weighted by Gasteiger charge is 2.13. The molecule has 160 valence electrons. The number of methoxy groups -OCH3 is 1. The molecule has 0 unspecified atom stereocenters. The zero-order chi connectivity index (χ0) is 22.7. The highest BCUT2D eigenvalue weighted by Crippen LogP contribution is 2.21. The van der Waals surface area contributed by atoms with Gasteiger partial charge in [-0.15, -0.1) is 0 Å². The lowest BCUT2D eigenvalue weighted by atomic mass is 10.1. The first-order valence-electron chi connectivity index (χ1n) is 9.80. The Balaban J connectivity index is 1.60. The first kappa shape index (κ1) is 20.8. The monoisotopic (exact) mass is 428 g/mol. The van der Waals surface area contributed by atoms with Gasteiger partial charge in [-0.3, -0.25) is 19.0 Å². The van der Waals surface area contributed by atoms with Gasteiger partial charge in [0.05, 0.1) is 23.7 Å². The highest BCUT2D eigenvalue weighted by atomic mass is 16.5. The SMILES string of the molecule is COc1ccccc1-n1cnc2cc(C(=O)Nc3ccc(NC(C)=O)cc3)ccc2c1=O. The molecule has 0 bridgehead atoms. The van der Waals surface area contributed by atoms with Crippen molar-refractivity contribution in [1.82, 2.24) is 9.55 Å². The van der Waals surface area contributed by atoms with E-state index in [1.54, 1.807) is 54.6 Å². The summed E-state index contributed by atoms with van der Waals surface area (Å²) in [4.78, 5) is 41.2. The Labute approximate surface area is 183 Å². The fourth-order valence-electron chi connectivity index (χ4n) is 3.31. The fraction of sp³-hybridized carbons (Fsp3) is 0.0833. The lowest BCUT2D eigenvalue weighted by Gasteiger charge is -2.11. The van der Waals surface area contributed by atoms with Crippen molar-refractivity contribution in [2.45, 2.75) is 6.92 Å². The number of amides is 2. The van der Waals surface area contributed by atoms with Crippen LogP contribution in [0.2, 0.25) is 0 Å². The molecule has 0 saturated heterocycles. The number of hydrogen-bond acceptors (Lipinski definition) is 5. The van der Waals surface area contributed by atoms with Gasteiger partial charge in [0.2, 0.25) is 5.91 Å². The predicted molar refractivity (Wildman–Crippen MR) is 123 cm³/mol. The number of benzene rings is 3. The van der Waals surface area contributed by atoms with Gasteiger partial charge in [0.25, 0.3) is 11.5 Å². The topological polar surface area (TPSA) is 102 Å². The van der Waals surface area contributed by atoms with Crippen LogP contribution in [-0.4, -0.2) is 28.5 Å². The Morgan fingerprint density at radius 2 is 1.62 bits per heavy atom. The Bertz CT molecular complexity index is 1380. The van der Waals surface area contributed by atoms with Crippen molar-refractivity contribution in [3.8, 4) is 11.4 Å². The minimum absolute atomic E-state index is 0.171. The number of hydrogen-bond donors (Lipinski definition) is 2. The summed E-state index contributed by atoms with van der Waals surface area (Å²) in [6.45, 7) is 1.43. The summed E-state index contributed by atoms with van der Waals surface area (Å²) in [5.41, 5.74) is 2.31. The molecule has 0 aliphatic carbocycles. The van der Waals surface area contributed by atoms with Crippen molar-refractivity contribution in [1.29, 1.82) is 0 Å². The third kappa shape index (κ3) is 4.20. The molecule has 0 aliphatic heterocycles. The molecular formula is C24H20N4O4. The van der Waals surface area contributed by atoms with Crippen molar-refractivity contribution in [3.05, 3.63) is 89.0 Å². The first-order valence-corrected chi connectivity index (χ1v) is 9.80. The molecule has 0 fully saturated rings. The molecule has 32 heavy (non-hydrogen) atoms. The molecule has 0 radical (unpaired) electrons. The highest BCUT2D eigenvalue weighted by molar-refractivity contribution is 6.06. The molecule has 2 N–H and O–H groups in total. The lowest BCUT2D eigenvalue weighted by molar-refractivity contribution is -0.114. The zero-order valence-corrected chi connectivity index (χ0v) is 17.5. The molecule has 0 atom stereocenters. The van der Waals surface area contributed by atoms with E-state index in [0.717, 1.165) is 0 Å². The van der Waals surface area contributed by atoms with Crippen molar-refractivity contribution < 1.29 is 14.3 Å². The first-order chi connectivity index (χ1) is 15.5. The fourth-order valence-corrected chi connectivity index (χ4v) is 3.31. The molecule has 0 spiro atoms. The smallest absolute Gasteiger partial charge is 0.265 e. The molecule has 0 saturated carbocycles. The van der Waals surface area contributed by atoms with Gasteiger partial charge in [-0.1, -0.05) is 12.1 Å². The quantitative estimate of drug-likeness (QED) is 0.506. The average Bonchev–Trinajstić information content (AvgIpc) is 2.80. The minimum atomic E-state index is -0.338. The average molecular weight is 428 g/mol. The van der Waals surface area contributed by atoms with E-state index in [4.69, 9.17) is 4.74 Å². The number of ether oxygens (including phenoxy) is 1. The second-order valence-corrected chi connectivity index (χ2v) is 7.04. The van der Waals surface area contributed by atoms with Crippen LogP contribution in [0.4, 0.5) is 11.4 Å². The van der Waals surface area contributed by atoms with Crippen LogP contribution in [0, 0.1) is 0 Å². The van der Waals surface area contributed by atoms with Crippen molar-refractivity contribution in [3.63, 3.8) is 0 Å². The van der Waals surface area contributed by atoms with E-state index < -0.39 is 0 Å². The number of anilines is 2. The Kier molecular flexibility index (Phi) is 5.67. The van der Waals surface area contributed by atoms with E-state index in [2.05, 4.69) is 15.6 Å². The van der Waals surface area contributed by atoms with E-state index in [1.807, 2.05) is 12.1 Å². The maximum Gasteiger partial charge on any atom is 0.265 e. The number of nitrogens with one attached hydrogen (secondary N) is 2. The molecule has 1 aromatic heterocycles. The molecular weight excluding hydrogens is 408 g/mol. The van der Waals surface area contributed by atoms with Crippen LogP contribution in [0.25, 0.3) is 16.6 Å². The predicted octanol–water partition coefficient (Wildman–Crippen LogP) is 3.61.